The zero-order valence-corrected chi connectivity index (χ0v) is 14.0. The Bertz CT molecular complexity index is 903. The second-order valence-corrected chi connectivity index (χ2v) is 6.14. The lowest BCUT2D eigenvalue weighted by atomic mass is 10.1. The fourth-order valence-electron chi connectivity index (χ4n) is 3.15. The molecule has 1 fully saturated rings. The second-order valence-electron chi connectivity index (χ2n) is 6.14. The molecular formula is C17H19N5O4. The highest BCUT2D eigenvalue weighted by molar-refractivity contribution is 5.86. The lowest BCUT2D eigenvalue weighted by Crippen LogP contribution is -2.33. The van der Waals surface area contributed by atoms with Crippen molar-refractivity contribution in [1.82, 2.24) is 19.5 Å². The summed E-state index contributed by atoms with van der Waals surface area (Å²) >= 11 is 0. The van der Waals surface area contributed by atoms with E-state index in [0.29, 0.717) is 17.0 Å². The second kappa shape index (κ2) is 6.61. The van der Waals surface area contributed by atoms with Crippen molar-refractivity contribution in [1.29, 1.82) is 0 Å². The number of ether oxygens (including phenoxy) is 1. The Kier molecular flexibility index (Phi) is 4.29. The molecule has 4 rings (SSSR count). The van der Waals surface area contributed by atoms with Gasteiger partial charge in [-0.05, 0) is 12.1 Å². The molecule has 3 N–H and O–H groups in total. The molecular weight excluding hydrogens is 338 g/mol. The molecule has 9 nitrogen and oxygen atoms in total. The van der Waals surface area contributed by atoms with Crippen LogP contribution in [0.2, 0.25) is 0 Å². The summed E-state index contributed by atoms with van der Waals surface area (Å²) in [6.07, 6.45) is -1.23. The minimum atomic E-state index is -1.20. The Morgan fingerprint density at radius 3 is 2.58 bits per heavy atom. The molecule has 0 aliphatic carbocycles. The Balaban J connectivity index is 1.74. The van der Waals surface area contributed by atoms with Crippen molar-refractivity contribution >= 4 is 22.7 Å². The highest BCUT2D eigenvalue weighted by atomic mass is 16.6. The molecule has 1 aromatic carbocycles. The van der Waals surface area contributed by atoms with Crippen LogP contribution in [-0.4, -0.2) is 66.8 Å². The third-order valence-corrected chi connectivity index (χ3v) is 4.59. The van der Waals surface area contributed by atoms with E-state index in [2.05, 4.69) is 15.0 Å². The van der Waals surface area contributed by atoms with E-state index in [-0.39, 0.29) is 0 Å². The standard InChI is InChI=1S/C17H19N5O4/c1-21(10-5-3-2-4-6-10)15-12-16(19-8-18-15)22(9-20-12)17-14(25)13(24)11(7-23)26-17/h2-6,8-9,11,13-14,17,23-25H,7H2,1H3/t11-,13-,14-,17-/m1/s1. The fraction of sp³-hybridized carbons (Fsp3) is 0.353. The van der Waals surface area contributed by atoms with E-state index in [1.54, 1.807) is 4.57 Å². The van der Waals surface area contributed by atoms with Crippen molar-refractivity contribution in [3.63, 3.8) is 0 Å². The average Bonchev–Trinajstić information content (AvgIpc) is 3.23. The molecule has 0 unspecified atom stereocenters. The number of para-hydroxylation sites is 1. The molecule has 0 saturated carbocycles. The molecule has 136 valence electrons. The number of fused-ring (bicyclic) bond motifs is 1. The lowest BCUT2D eigenvalue weighted by Gasteiger charge is -2.19. The number of anilines is 2. The number of hydrogen-bond donors (Lipinski definition) is 3. The predicted octanol–water partition coefficient (Wildman–Crippen LogP) is 0.206. The first-order chi connectivity index (χ1) is 12.6. The minimum Gasteiger partial charge on any atom is -0.394 e. The molecule has 1 aliphatic heterocycles. The van der Waals surface area contributed by atoms with Crippen LogP contribution in [0.1, 0.15) is 6.23 Å². The molecule has 1 aliphatic rings. The molecule has 9 heteroatoms. The zero-order valence-electron chi connectivity index (χ0n) is 14.0. The van der Waals surface area contributed by atoms with Crippen molar-refractivity contribution in [2.75, 3.05) is 18.6 Å². The number of hydrogen-bond acceptors (Lipinski definition) is 8. The zero-order chi connectivity index (χ0) is 18.3. The predicted molar refractivity (Wildman–Crippen MR) is 92.8 cm³/mol. The van der Waals surface area contributed by atoms with Crippen molar-refractivity contribution in [3.8, 4) is 0 Å². The lowest BCUT2D eigenvalue weighted by molar-refractivity contribution is -0.0511. The SMILES string of the molecule is CN(c1ccccc1)c1ncnc2c1ncn2[C@@H]1O[C@H](CO)[C@@H](O)[C@H]1O. The highest BCUT2D eigenvalue weighted by Gasteiger charge is 2.44. The van der Waals surface area contributed by atoms with Crippen LogP contribution in [0.4, 0.5) is 11.5 Å². The molecule has 0 bridgehead atoms. The van der Waals surface area contributed by atoms with Crippen LogP contribution in [0.5, 0.6) is 0 Å². The summed E-state index contributed by atoms with van der Waals surface area (Å²) in [7, 11) is 1.88. The Hall–Kier alpha value is -2.59. The first kappa shape index (κ1) is 16.9. The van der Waals surface area contributed by atoms with Gasteiger partial charge in [0.05, 0.1) is 12.9 Å². The highest BCUT2D eigenvalue weighted by Crippen LogP contribution is 2.33. The van der Waals surface area contributed by atoms with Crippen LogP contribution in [0, 0.1) is 0 Å². The van der Waals surface area contributed by atoms with Crippen molar-refractivity contribution in [2.24, 2.45) is 0 Å². The topological polar surface area (TPSA) is 117 Å². The van der Waals surface area contributed by atoms with E-state index in [1.807, 2.05) is 42.3 Å². The largest absolute Gasteiger partial charge is 0.394 e. The number of rotatable bonds is 4. The molecule has 2 aromatic heterocycles. The van der Waals surface area contributed by atoms with Gasteiger partial charge in [0.25, 0.3) is 0 Å². The van der Waals surface area contributed by atoms with Gasteiger partial charge >= 0.3 is 0 Å². The van der Waals surface area contributed by atoms with Crippen LogP contribution < -0.4 is 4.90 Å². The maximum absolute atomic E-state index is 10.3. The van der Waals surface area contributed by atoms with Crippen LogP contribution in [0.15, 0.2) is 43.0 Å². The van der Waals surface area contributed by atoms with Gasteiger partial charge in [-0.15, -0.1) is 0 Å². The summed E-state index contributed by atoms with van der Waals surface area (Å²) in [6.45, 7) is -0.391. The third kappa shape index (κ3) is 2.61. The van der Waals surface area contributed by atoms with Crippen LogP contribution in [0.25, 0.3) is 11.2 Å². The summed E-state index contributed by atoms with van der Waals surface area (Å²) in [5, 5.41) is 29.5. The summed E-state index contributed by atoms with van der Waals surface area (Å²) in [6, 6.07) is 9.71. The van der Waals surface area contributed by atoms with Gasteiger partial charge in [0.1, 0.15) is 24.6 Å². The first-order valence-corrected chi connectivity index (χ1v) is 8.20. The number of benzene rings is 1. The third-order valence-electron chi connectivity index (χ3n) is 4.59. The van der Waals surface area contributed by atoms with Gasteiger partial charge in [0.15, 0.2) is 23.2 Å². The number of aliphatic hydroxyl groups excluding tert-OH is 3. The molecule has 3 heterocycles. The van der Waals surface area contributed by atoms with Crippen LogP contribution >= 0.6 is 0 Å². The van der Waals surface area contributed by atoms with Gasteiger partial charge in [-0.2, -0.15) is 0 Å². The maximum atomic E-state index is 10.3. The Morgan fingerprint density at radius 1 is 1.12 bits per heavy atom. The molecule has 1 saturated heterocycles. The normalized spacial score (nSPS) is 25.7. The summed E-state index contributed by atoms with van der Waals surface area (Å²) in [5.74, 6) is 0.603. The van der Waals surface area contributed by atoms with Gasteiger partial charge in [-0.1, -0.05) is 18.2 Å². The molecule has 4 atom stereocenters. The summed E-state index contributed by atoms with van der Waals surface area (Å²) in [4.78, 5) is 14.9. The van der Waals surface area contributed by atoms with E-state index in [9.17, 15) is 15.3 Å². The molecule has 0 radical (unpaired) electrons. The number of imidazole rings is 1. The number of nitrogens with zero attached hydrogens (tertiary/aromatic N) is 5. The maximum Gasteiger partial charge on any atom is 0.167 e. The molecule has 3 aromatic rings. The van der Waals surface area contributed by atoms with E-state index in [1.165, 1.54) is 12.7 Å². The Labute approximate surface area is 149 Å². The van der Waals surface area contributed by atoms with Gasteiger partial charge < -0.3 is 25.0 Å². The van der Waals surface area contributed by atoms with E-state index >= 15 is 0 Å². The van der Waals surface area contributed by atoms with E-state index in [0.717, 1.165) is 5.69 Å². The van der Waals surface area contributed by atoms with Gasteiger partial charge in [-0.3, -0.25) is 4.57 Å². The van der Waals surface area contributed by atoms with Crippen LogP contribution in [-0.2, 0) is 4.74 Å². The Morgan fingerprint density at radius 2 is 1.88 bits per heavy atom. The smallest absolute Gasteiger partial charge is 0.167 e. The van der Waals surface area contributed by atoms with E-state index < -0.39 is 31.1 Å². The van der Waals surface area contributed by atoms with Crippen molar-refractivity contribution in [3.05, 3.63) is 43.0 Å². The van der Waals surface area contributed by atoms with Gasteiger partial charge in [0.2, 0.25) is 0 Å². The van der Waals surface area contributed by atoms with Crippen molar-refractivity contribution < 1.29 is 20.1 Å². The van der Waals surface area contributed by atoms with E-state index in [4.69, 9.17) is 4.74 Å². The number of aromatic nitrogens is 4. The van der Waals surface area contributed by atoms with Gasteiger partial charge in [-0.25, -0.2) is 15.0 Å². The minimum absolute atomic E-state index is 0.391. The fourth-order valence-corrected chi connectivity index (χ4v) is 3.15. The van der Waals surface area contributed by atoms with Crippen molar-refractivity contribution in [2.45, 2.75) is 24.5 Å². The first-order valence-electron chi connectivity index (χ1n) is 8.20. The molecule has 0 amide bonds. The van der Waals surface area contributed by atoms with Crippen LogP contribution in [0.3, 0.4) is 0 Å². The molecule has 0 spiro atoms. The monoisotopic (exact) mass is 357 g/mol. The molecule has 26 heavy (non-hydrogen) atoms. The van der Waals surface area contributed by atoms with Gasteiger partial charge in [0, 0.05) is 12.7 Å². The number of aliphatic hydroxyl groups is 3. The quantitative estimate of drug-likeness (QED) is 0.607. The average molecular weight is 357 g/mol. The summed E-state index contributed by atoms with van der Waals surface area (Å²) in [5.41, 5.74) is 1.94. The summed E-state index contributed by atoms with van der Waals surface area (Å²) < 4.78 is 7.12.